The molecular formula is C12H26N2. The molecular weight excluding hydrogens is 172 g/mol. The van der Waals surface area contributed by atoms with Gasteiger partial charge in [0, 0.05) is 11.6 Å². The Kier molecular flexibility index (Phi) is 6.05. The molecule has 84 valence electrons. The predicted molar refractivity (Wildman–Crippen MR) is 64.7 cm³/mol. The Morgan fingerprint density at radius 1 is 1.43 bits per heavy atom. The summed E-state index contributed by atoms with van der Waals surface area (Å²) in [5.41, 5.74) is 0.164. The molecule has 2 atom stereocenters. The van der Waals surface area contributed by atoms with Gasteiger partial charge in [-0.3, -0.25) is 0 Å². The highest BCUT2D eigenvalue weighted by Crippen LogP contribution is 2.21. The van der Waals surface area contributed by atoms with Crippen molar-refractivity contribution in [1.82, 2.24) is 10.2 Å². The smallest absolute Gasteiger partial charge is 0.0431 e. The molecule has 0 rings (SSSR count). The molecule has 0 bridgehead atoms. The molecule has 0 heterocycles. The maximum absolute atomic E-state index is 3.92. The first-order valence-corrected chi connectivity index (χ1v) is 5.56. The largest absolute Gasteiger partial charge is 0.309 e. The van der Waals surface area contributed by atoms with E-state index in [4.69, 9.17) is 0 Å². The Hall–Kier alpha value is -0.340. The van der Waals surface area contributed by atoms with E-state index >= 15 is 0 Å². The van der Waals surface area contributed by atoms with Crippen molar-refractivity contribution in [3.63, 3.8) is 0 Å². The van der Waals surface area contributed by atoms with Crippen molar-refractivity contribution in [2.75, 3.05) is 20.6 Å². The van der Waals surface area contributed by atoms with Crippen molar-refractivity contribution in [2.24, 2.45) is 0 Å². The summed E-state index contributed by atoms with van der Waals surface area (Å²) in [5.74, 6) is 0. The van der Waals surface area contributed by atoms with Crippen LogP contribution in [-0.2, 0) is 0 Å². The molecule has 2 unspecified atom stereocenters. The van der Waals surface area contributed by atoms with Gasteiger partial charge >= 0.3 is 0 Å². The third-order valence-corrected chi connectivity index (χ3v) is 3.26. The molecule has 0 aromatic heterocycles. The molecule has 14 heavy (non-hydrogen) atoms. The van der Waals surface area contributed by atoms with Crippen molar-refractivity contribution >= 4 is 0 Å². The van der Waals surface area contributed by atoms with E-state index in [1.165, 1.54) is 0 Å². The molecule has 0 aromatic rings. The van der Waals surface area contributed by atoms with Gasteiger partial charge in [-0.1, -0.05) is 19.9 Å². The SMILES string of the molecule is C=CC(NCCC)C(C)(CC)N(C)C. The first-order valence-electron chi connectivity index (χ1n) is 5.56. The Bertz CT molecular complexity index is 166. The lowest BCUT2D eigenvalue weighted by molar-refractivity contribution is 0.133. The van der Waals surface area contributed by atoms with Gasteiger partial charge < -0.3 is 10.2 Å². The molecule has 0 saturated heterocycles. The van der Waals surface area contributed by atoms with E-state index in [2.05, 4.69) is 51.7 Å². The Labute approximate surface area is 89.4 Å². The average Bonchev–Trinajstić information content (AvgIpc) is 2.18. The lowest BCUT2D eigenvalue weighted by atomic mass is 9.88. The topological polar surface area (TPSA) is 15.3 Å². The van der Waals surface area contributed by atoms with Gasteiger partial charge in [0.05, 0.1) is 0 Å². The summed E-state index contributed by atoms with van der Waals surface area (Å²) in [7, 11) is 4.27. The molecule has 0 amide bonds. The normalized spacial score (nSPS) is 17.9. The maximum Gasteiger partial charge on any atom is 0.0431 e. The van der Waals surface area contributed by atoms with Crippen LogP contribution in [0.1, 0.15) is 33.6 Å². The number of hydrogen-bond donors (Lipinski definition) is 1. The van der Waals surface area contributed by atoms with Gasteiger partial charge in [-0.05, 0) is 40.4 Å². The van der Waals surface area contributed by atoms with Gasteiger partial charge in [-0.25, -0.2) is 0 Å². The fourth-order valence-corrected chi connectivity index (χ4v) is 1.67. The zero-order chi connectivity index (χ0) is 11.2. The Morgan fingerprint density at radius 3 is 2.29 bits per heavy atom. The second-order valence-electron chi connectivity index (χ2n) is 4.27. The molecule has 0 aliphatic heterocycles. The quantitative estimate of drug-likeness (QED) is 0.631. The van der Waals surface area contributed by atoms with Crippen LogP contribution in [-0.4, -0.2) is 37.1 Å². The second kappa shape index (κ2) is 6.20. The van der Waals surface area contributed by atoms with E-state index in [1.54, 1.807) is 0 Å². The van der Waals surface area contributed by atoms with Crippen LogP contribution >= 0.6 is 0 Å². The molecule has 0 spiro atoms. The van der Waals surface area contributed by atoms with Gasteiger partial charge in [-0.15, -0.1) is 6.58 Å². The summed E-state index contributed by atoms with van der Waals surface area (Å²) in [5, 5.41) is 3.53. The standard InChI is InChI=1S/C12H26N2/c1-7-10-13-11(8-2)12(4,9-3)14(5)6/h8,11,13H,2,7,9-10H2,1,3-6H3. The maximum atomic E-state index is 3.92. The minimum absolute atomic E-state index is 0.164. The third kappa shape index (κ3) is 3.10. The lowest BCUT2D eigenvalue weighted by Gasteiger charge is -2.41. The van der Waals surface area contributed by atoms with Crippen molar-refractivity contribution in [1.29, 1.82) is 0 Å². The zero-order valence-corrected chi connectivity index (χ0v) is 10.4. The summed E-state index contributed by atoms with van der Waals surface area (Å²) in [6, 6.07) is 0.363. The van der Waals surface area contributed by atoms with Gasteiger partial charge in [-0.2, -0.15) is 0 Å². The van der Waals surface area contributed by atoms with Crippen LogP contribution in [0.5, 0.6) is 0 Å². The van der Waals surface area contributed by atoms with Crippen molar-refractivity contribution in [3.8, 4) is 0 Å². The summed E-state index contributed by atoms with van der Waals surface area (Å²) in [4.78, 5) is 2.28. The molecule has 0 saturated carbocycles. The fraction of sp³-hybridized carbons (Fsp3) is 0.833. The van der Waals surface area contributed by atoms with Crippen molar-refractivity contribution in [3.05, 3.63) is 12.7 Å². The van der Waals surface area contributed by atoms with Gasteiger partial charge in [0.2, 0.25) is 0 Å². The first kappa shape index (κ1) is 13.7. The van der Waals surface area contributed by atoms with E-state index in [-0.39, 0.29) is 5.54 Å². The van der Waals surface area contributed by atoms with Crippen LogP contribution in [0.15, 0.2) is 12.7 Å². The minimum atomic E-state index is 0.164. The molecule has 0 aromatic carbocycles. The first-order chi connectivity index (χ1) is 6.52. The van der Waals surface area contributed by atoms with Crippen molar-refractivity contribution < 1.29 is 0 Å². The highest BCUT2D eigenvalue weighted by atomic mass is 15.2. The average molecular weight is 198 g/mol. The van der Waals surface area contributed by atoms with Gasteiger partial charge in [0.25, 0.3) is 0 Å². The third-order valence-electron chi connectivity index (χ3n) is 3.26. The molecule has 0 aliphatic carbocycles. The molecule has 1 N–H and O–H groups in total. The van der Waals surface area contributed by atoms with E-state index in [0.29, 0.717) is 6.04 Å². The Balaban J connectivity index is 4.51. The van der Waals surface area contributed by atoms with Gasteiger partial charge in [0.1, 0.15) is 0 Å². The number of rotatable bonds is 7. The van der Waals surface area contributed by atoms with Crippen LogP contribution in [0.4, 0.5) is 0 Å². The van der Waals surface area contributed by atoms with E-state index < -0.39 is 0 Å². The van der Waals surface area contributed by atoms with Crippen LogP contribution < -0.4 is 5.32 Å². The molecule has 2 nitrogen and oxygen atoms in total. The molecule has 0 fully saturated rings. The monoisotopic (exact) mass is 198 g/mol. The van der Waals surface area contributed by atoms with E-state index in [1.807, 2.05) is 6.08 Å². The van der Waals surface area contributed by atoms with Crippen LogP contribution in [0.25, 0.3) is 0 Å². The lowest BCUT2D eigenvalue weighted by Crippen LogP contribution is -2.56. The van der Waals surface area contributed by atoms with Crippen LogP contribution in [0.2, 0.25) is 0 Å². The number of nitrogens with one attached hydrogen (secondary N) is 1. The summed E-state index contributed by atoms with van der Waals surface area (Å²) >= 11 is 0. The minimum Gasteiger partial charge on any atom is -0.309 e. The number of nitrogens with zero attached hydrogens (tertiary/aromatic N) is 1. The van der Waals surface area contributed by atoms with Crippen LogP contribution in [0, 0.1) is 0 Å². The fourth-order valence-electron chi connectivity index (χ4n) is 1.67. The number of likely N-dealkylation sites (N-methyl/N-ethyl adjacent to an activating group) is 1. The molecule has 2 heteroatoms. The highest BCUT2D eigenvalue weighted by molar-refractivity contribution is 5.03. The van der Waals surface area contributed by atoms with Crippen molar-refractivity contribution in [2.45, 2.75) is 45.2 Å². The summed E-state index contributed by atoms with van der Waals surface area (Å²) in [6.45, 7) is 11.7. The highest BCUT2D eigenvalue weighted by Gasteiger charge is 2.32. The summed E-state index contributed by atoms with van der Waals surface area (Å²) < 4.78 is 0. The molecule has 0 radical (unpaired) electrons. The summed E-state index contributed by atoms with van der Waals surface area (Å²) in [6.07, 6.45) is 4.31. The number of hydrogen-bond acceptors (Lipinski definition) is 2. The Morgan fingerprint density at radius 2 is 2.00 bits per heavy atom. The zero-order valence-electron chi connectivity index (χ0n) is 10.4. The van der Waals surface area contributed by atoms with Gasteiger partial charge in [0.15, 0.2) is 0 Å². The van der Waals surface area contributed by atoms with E-state index in [0.717, 1.165) is 19.4 Å². The van der Waals surface area contributed by atoms with Crippen LogP contribution in [0.3, 0.4) is 0 Å². The predicted octanol–water partition coefficient (Wildman–Crippen LogP) is 2.27. The molecule has 0 aliphatic rings. The van der Waals surface area contributed by atoms with E-state index in [9.17, 15) is 0 Å². The second-order valence-corrected chi connectivity index (χ2v) is 4.27.